The SMILES string of the molecule is C[C@H](N)Cn1ccc2c1-c1ccc(F)cc1C2. The molecule has 1 aliphatic carbocycles. The van der Waals surface area contributed by atoms with Crippen LogP contribution in [0.15, 0.2) is 30.5 Å². The van der Waals surface area contributed by atoms with Gasteiger partial charge in [-0.1, -0.05) is 0 Å². The summed E-state index contributed by atoms with van der Waals surface area (Å²) in [5.74, 6) is -0.160. The van der Waals surface area contributed by atoms with Gasteiger partial charge in [0.2, 0.25) is 0 Å². The van der Waals surface area contributed by atoms with Gasteiger partial charge in [-0.15, -0.1) is 0 Å². The molecular formula is C14H15FN2. The molecule has 2 N–H and O–H groups in total. The van der Waals surface area contributed by atoms with Crippen LogP contribution in [0.3, 0.4) is 0 Å². The lowest BCUT2D eigenvalue weighted by atomic mass is 10.1. The molecule has 3 heteroatoms. The van der Waals surface area contributed by atoms with Gasteiger partial charge in [0.05, 0.1) is 5.69 Å². The van der Waals surface area contributed by atoms with Gasteiger partial charge in [-0.25, -0.2) is 4.39 Å². The number of fused-ring (bicyclic) bond motifs is 3. The molecule has 2 aromatic rings. The molecule has 0 fully saturated rings. The zero-order chi connectivity index (χ0) is 12.0. The second-order valence-electron chi connectivity index (χ2n) is 4.80. The molecule has 1 aromatic heterocycles. The standard InChI is InChI=1S/C14H15FN2/c1-9(16)8-17-5-4-10-6-11-7-12(15)2-3-13(11)14(10)17/h2-5,7,9H,6,8,16H2,1H3/t9-/m0/s1. The molecule has 0 amide bonds. The highest BCUT2D eigenvalue weighted by Gasteiger charge is 2.22. The third-order valence-electron chi connectivity index (χ3n) is 3.24. The number of hydrogen-bond acceptors (Lipinski definition) is 1. The molecular weight excluding hydrogens is 215 g/mol. The van der Waals surface area contributed by atoms with E-state index in [0.29, 0.717) is 0 Å². The molecule has 17 heavy (non-hydrogen) atoms. The van der Waals surface area contributed by atoms with E-state index in [4.69, 9.17) is 5.73 Å². The predicted octanol–water partition coefficient (Wildman–Crippen LogP) is 2.55. The molecule has 3 rings (SSSR count). The van der Waals surface area contributed by atoms with Crippen molar-refractivity contribution >= 4 is 0 Å². The maximum Gasteiger partial charge on any atom is 0.123 e. The van der Waals surface area contributed by atoms with Crippen LogP contribution in [0.25, 0.3) is 11.3 Å². The smallest absolute Gasteiger partial charge is 0.123 e. The minimum Gasteiger partial charge on any atom is -0.346 e. The second kappa shape index (κ2) is 3.70. The van der Waals surface area contributed by atoms with Crippen LogP contribution in [-0.2, 0) is 13.0 Å². The second-order valence-corrected chi connectivity index (χ2v) is 4.80. The molecule has 0 radical (unpaired) electrons. The van der Waals surface area contributed by atoms with Crippen LogP contribution < -0.4 is 5.73 Å². The van der Waals surface area contributed by atoms with Gasteiger partial charge in [-0.3, -0.25) is 0 Å². The van der Waals surface area contributed by atoms with E-state index in [2.05, 4.69) is 16.8 Å². The third kappa shape index (κ3) is 1.67. The minimum absolute atomic E-state index is 0.121. The maximum absolute atomic E-state index is 13.2. The fourth-order valence-corrected chi connectivity index (χ4v) is 2.60. The molecule has 0 aliphatic heterocycles. The molecule has 1 aromatic carbocycles. The van der Waals surface area contributed by atoms with Crippen molar-refractivity contribution in [1.29, 1.82) is 0 Å². The van der Waals surface area contributed by atoms with E-state index < -0.39 is 0 Å². The van der Waals surface area contributed by atoms with E-state index in [1.54, 1.807) is 6.07 Å². The molecule has 2 nitrogen and oxygen atoms in total. The summed E-state index contributed by atoms with van der Waals surface area (Å²) in [6.07, 6.45) is 2.90. The number of rotatable bonds is 2. The molecule has 0 bridgehead atoms. The Morgan fingerprint density at radius 3 is 2.94 bits per heavy atom. The van der Waals surface area contributed by atoms with Gasteiger partial charge in [0.25, 0.3) is 0 Å². The third-order valence-corrected chi connectivity index (χ3v) is 3.24. The van der Waals surface area contributed by atoms with Crippen molar-refractivity contribution < 1.29 is 4.39 Å². The van der Waals surface area contributed by atoms with Crippen molar-refractivity contribution in [2.75, 3.05) is 0 Å². The quantitative estimate of drug-likeness (QED) is 0.720. The Morgan fingerprint density at radius 2 is 2.18 bits per heavy atom. The highest BCUT2D eigenvalue weighted by Crippen LogP contribution is 2.37. The fraction of sp³-hybridized carbons (Fsp3) is 0.286. The summed E-state index contributed by atoms with van der Waals surface area (Å²) < 4.78 is 15.3. The first-order valence-electron chi connectivity index (χ1n) is 5.87. The number of halogens is 1. The molecule has 0 saturated heterocycles. The van der Waals surface area contributed by atoms with E-state index >= 15 is 0 Å². The van der Waals surface area contributed by atoms with E-state index in [1.165, 1.54) is 17.3 Å². The maximum atomic E-state index is 13.2. The van der Waals surface area contributed by atoms with Gasteiger partial charge in [0.1, 0.15) is 5.82 Å². The Balaban J connectivity index is 2.10. The van der Waals surface area contributed by atoms with Gasteiger partial charge in [0.15, 0.2) is 0 Å². The van der Waals surface area contributed by atoms with Crippen molar-refractivity contribution in [3.05, 3.63) is 47.4 Å². The summed E-state index contributed by atoms with van der Waals surface area (Å²) in [6, 6.07) is 7.25. The fourth-order valence-electron chi connectivity index (χ4n) is 2.60. The van der Waals surface area contributed by atoms with Crippen LogP contribution in [-0.4, -0.2) is 10.6 Å². The van der Waals surface area contributed by atoms with Crippen LogP contribution in [0.4, 0.5) is 4.39 Å². The molecule has 1 aliphatic rings. The summed E-state index contributed by atoms with van der Waals surface area (Å²) in [5, 5.41) is 0. The van der Waals surface area contributed by atoms with E-state index in [9.17, 15) is 4.39 Å². The summed E-state index contributed by atoms with van der Waals surface area (Å²) in [7, 11) is 0. The Hall–Kier alpha value is -1.61. The van der Waals surface area contributed by atoms with Crippen molar-refractivity contribution in [1.82, 2.24) is 4.57 Å². The summed E-state index contributed by atoms with van der Waals surface area (Å²) in [4.78, 5) is 0. The van der Waals surface area contributed by atoms with Crippen LogP contribution in [0.5, 0.6) is 0 Å². The number of hydrogen-bond donors (Lipinski definition) is 1. The number of nitrogens with two attached hydrogens (primary N) is 1. The Bertz CT molecular complexity index is 570. The normalized spacial score (nSPS) is 14.5. The van der Waals surface area contributed by atoms with E-state index in [1.807, 2.05) is 13.0 Å². The first kappa shape index (κ1) is 10.5. The molecule has 1 atom stereocenters. The molecule has 1 heterocycles. The van der Waals surface area contributed by atoms with Crippen LogP contribution in [0.1, 0.15) is 18.1 Å². The predicted molar refractivity (Wildman–Crippen MR) is 66.3 cm³/mol. The summed E-state index contributed by atoms with van der Waals surface area (Å²) in [6.45, 7) is 2.79. The number of benzene rings is 1. The molecule has 0 spiro atoms. The van der Waals surface area contributed by atoms with Crippen molar-refractivity contribution in [3.63, 3.8) is 0 Å². The lowest BCUT2D eigenvalue weighted by molar-refractivity contribution is 0.596. The molecule has 0 saturated carbocycles. The topological polar surface area (TPSA) is 30.9 Å². The molecule has 88 valence electrons. The van der Waals surface area contributed by atoms with Crippen LogP contribution in [0, 0.1) is 5.82 Å². The first-order valence-corrected chi connectivity index (χ1v) is 5.87. The Kier molecular flexibility index (Phi) is 2.30. The van der Waals surface area contributed by atoms with Crippen LogP contribution in [0.2, 0.25) is 0 Å². The Labute approximate surface area is 99.9 Å². The number of nitrogens with zero attached hydrogens (tertiary/aromatic N) is 1. The van der Waals surface area contributed by atoms with E-state index in [0.717, 1.165) is 24.1 Å². The van der Waals surface area contributed by atoms with E-state index in [-0.39, 0.29) is 11.9 Å². The average Bonchev–Trinajstić information content (AvgIpc) is 2.77. The lowest BCUT2D eigenvalue weighted by Gasteiger charge is -2.11. The van der Waals surface area contributed by atoms with Gasteiger partial charge in [0, 0.05) is 30.8 Å². The summed E-state index contributed by atoms with van der Waals surface area (Å²) in [5.41, 5.74) is 10.5. The van der Waals surface area contributed by atoms with Crippen molar-refractivity contribution in [2.24, 2.45) is 5.73 Å². The van der Waals surface area contributed by atoms with Crippen LogP contribution >= 0.6 is 0 Å². The number of aromatic nitrogens is 1. The van der Waals surface area contributed by atoms with Gasteiger partial charge in [-0.05, 0) is 42.3 Å². The molecule has 0 unspecified atom stereocenters. The van der Waals surface area contributed by atoms with Crippen molar-refractivity contribution in [2.45, 2.75) is 25.9 Å². The van der Waals surface area contributed by atoms with Crippen molar-refractivity contribution in [3.8, 4) is 11.3 Å². The zero-order valence-corrected chi connectivity index (χ0v) is 9.78. The average molecular weight is 230 g/mol. The largest absolute Gasteiger partial charge is 0.346 e. The zero-order valence-electron chi connectivity index (χ0n) is 9.78. The Morgan fingerprint density at radius 1 is 1.35 bits per heavy atom. The summed E-state index contributed by atoms with van der Waals surface area (Å²) >= 11 is 0. The lowest BCUT2D eigenvalue weighted by Crippen LogP contribution is -2.22. The highest BCUT2D eigenvalue weighted by atomic mass is 19.1. The first-order chi connectivity index (χ1) is 8.15. The monoisotopic (exact) mass is 230 g/mol. The van der Waals surface area contributed by atoms with Gasteiger partial charge < -0.3 is 10.3 Å². The minimum atomic E-state index is -0.160. The van der Waals surface area contributed by atoms with Gasteiger partial charge in [-0.2, -0.15) is 0 Å². The highest BCUT2D eigenvalue weighted by molar-refractivity contribution is 5.74. The van der Waals surface area contributed by atoms with Gasteiger partial charge >= 0.3 is 0 Å².